The van der Waals surface area contributed by atoms with E-state index < -0.39 is 15.8 Å². The fourth-order valence-corrected chi connectivity index (χ4v) is 5.68. The number of piperidine rings is 1. The molecule has 0 aliphatic carbocycles. The van der Waals surface area contributed by atoms with Crippen LogP contribution in [0.5, 0.6) is 0 Å². The first-order chi connectivity index (χ1) is 16.4. The molecule has 0 bridgehead atoms. The predicted octanol–water partition coefficient (Wildman–Crippen LogP) is 3.49. The number of nitrogens with two attached hydrogens (primary N) is 1. The van der Waals surface area contributed by atoms with Crippen LogP contribution in [-0.4, -0.2) is 42.2 Å². The molecule has 4 rings (SSSR count). The van der Waals surface area contributed by atoms with Gasteiger partial charge in [-0.25, -0.2) is 27.8 Å². The molecule has 0 atom stereocenters. The number of rotatable bonds is 6. The minimum atomic E-state index is -3.66. The van der Waals surface area contributed by atoms with Crippen LogP contribution in [0, 0.1) is 23.6 Å². The van der Waals surface area contributed by atoms with Crippen LogP contribution in [0.1, 0.15) is 31.2 Å². The van der Waals surface area contributed by atoms with E-state index in [1.165, 1.54) is 23.6 Å². The van der Waals surface area contributed by atoms with Crippen LogP contribution in [0.25, 0.3) is 21.8 Å². The lowest BCUT2D eigenvalue weighted by atomic mass is 9.99. The lowest BCUT2D eigenvalue weighted by Crippen LogP contribution is -2.26. The first kappa shape index (κ1) is 24.1. The van der Waals surface area contributed by atoms with Gasteiger partial charge in [0, 0.05) is 17.7 Å². The quantitative estimate of drug-likeness (QED) is 0.443. The summed E-state index contributed by atoms with van der Waals surface area (Å²) >= 11 is 1.29. The largest absolute Gasteiger partial charge is 0.368 e. The normalized spacial score (nSPS) is 14.4. The van der Waals surface area contributed by atoms with Crippen molar-refractivity contribution in [3.63, 3.8) is 0 Å². The fourth-order valence-electron chi connectivity index (χ4n) is 3.64. The molecule has 178 valence electrons. The van der Waals surface area contributed by atoms with Crippen molar-refractivity contribution in [3.05, 3.63) is 41.3 Å². The summed E-state index contributed by atoms with van der Waals surface area (Å²) in [7, 11) is -3.66. The van der Waals surface area contributed by atoms with Crippen LogP contribution in [0.2, 0.25) is 0 Å². The summed E-state index contributed by atoms with van der Waals surface area (Å²) in [6, 6.07) is 6.20. The molecular formula is C23H25FN6O2S2. The van der Waals surface area contributed by atoms with Crippen molar-refractivity contribution >= 4 is 33.0 Å². The number of halogens is 1. The van der Waals surface area contributed by atoms with E-state index in [-0.39, 0.29) is 28.9 Å². The van der Waals surface area contributed by atoms with Crippen molar-refractivity contribution in [2.45, 2.75) is 26.2 Å². The molecule has 0 radical (unpaired) electrons. The van der Waals surface area contributed by atoms with E-state index in [9.17, 15) is 8.42 Å². The average Bonchev–Trinajstić information content (AvgIpc) is 3.24. The summed E-state index contributed by atoms with van der Waals surface area (Å²) in [4.78, 5) is 13.4. The number of benzene rings is 1. The summed E-state index contributed by atoms with van der Waals surface area (Å²) in [6.45, 7) is 3.60. The van der Waals surface area contributed by atoms with E-state index in [1.54, 1.807) is 25.1 Å². The number of sulfonamides is 1. The maximum Gasteiger partial charge on any atom is 0.232 e. The number of nitrogens with one attached hydrogen (secondary N) is 2. The van der Waals surface area contributed by atoms with E-state index in [4.69, 9.17) is 5.73 Å². The molecule has 4 N–H and O–H groups in total. The number of anilines is 2. The van der Waals surface area contributed by atoms with Gasteiger partial charge in [-0.1, -0.05) is 18.9 Å². The lowest BCUT2D eigenvalue weighted by Gasteiger charge is -2.16. The molecule has 11 heteroatoms. The Morgan fingerprint density at radius 3 is 2.79 bits per heavy atom. The first-order valence-electron chi connectivity index (χ1n) is 11.0. The Labute approximate surface area is 202 Å². The van der Waals surface area contributed by atoms with E-state index in [0.717, 1.165) is 25.9 Å². The number of hydrogen-bond donors (Lipinski definition) is 3. The Hall–Kier alpha value is -3.07. The van der Waals surface area contributed by atoms with Crippen LogP contribution in [-0.2, 0) is 10.0 Å². The second kappa shape index (κ2) is 10.5. The Balaban J connectivity index is 1.78. The van der Waals surface area contributed by atoms with Gasteiger partial charge in [0.05, 0.1) is 27.7 Å². The van der Waals surface area contributed by atoms with E-state index >= 15 is 4.39 Å². The van der Waals surface area contributed by atoms with Gasteiger partial charge in [-0.05, 0) is 56.5 Å². The van der Waals surface area contributed by atoms with Crippen molar-refractivity contribution in [3.8, 4) is 33.7 Å². The Bertz CT molecular complexity index is 1340. The molecule has 0 spiro atoms. The molecule has 8 nitrogen and oxygen atoms in total. The first-order valence-corrected chi connectivity index (χ1v) is 13.4. The van der Waals surface area contributed by atoms with Gasteiger partial charge in [0.1, 0.15) is 0 Å². The van der Waals surface area contributed by atoms with Crippen LogP contribution in [0.15, 0.2) is 30.5 Å². The van der Waals surface area contributed by atoms with Gasteiger partial charge in [0.25, 0.3) is 0 Å². The van der Waals surface area contributed by atoms with Crippen molar-refractivity contribution in [2.75, 3.05) is 29.3 Å². The van der Waals surface area contributed by atoms with Gasteiger partial charge in [0.15, 0.2) is 10.8 Å². The SMILES string of the molecule is CCCS(=O)(=O)Nc1cccc(-c2nc(C#CC3CCNCC3)sc2-c2ccnc(N)n2)c1F. The Kier molecular flexibility index (Phi) is 7.41. The highest BCUT2D eigenvalue weighted by molar-refractivity contribution is 7.92. The molecule has 0 unspecified atom stereocenters. The number of aromatic nitrogens is 3. The maximum absolute atomic E-state index is 15.5. The van der Waals surface area contributed by atoms with Gasteiger partial charge >= 0.3 is 0 Å². The van der Waals surface area contributed by atoms with Crippen LogP contribution >= 0.6 is 11.3 Å². The molecule has 34 heavy (non-hydrogen) atoms. The second-order valence-electron chi connectivity index (χ2n) is 7.88. The summed E-state index contributed by atoms with van der Waals surface area (Å²) < 4.78 is 42.3. The van der Waals surface area contributed by atoms with Gasteiger partial charge < -0.3 is 11.1 Å². The zero-order valence-electron chi connectivity index (χ0n) is 18.6. The van der Waals surface area contributed by atoms with Crippen molar-refractivity contribution < 1.29 is 12.8 Å². The molecule has 3 heterocycles. The third-order valence-electron chi connectivity index (χ3n) is 5.25. The lowest BCUT2D eigenvalue weighted by molar-refractivity contribution is 0.447. The number of hydrogen-bond acceptors (Lipinski definition) is 8. The average molecular weight is 501 g/mol. The van der Waals surface area contributed by atoms with E-state index in [1.807, 2.05) is 0 Å². The fraction of sp³-hybridized carbons (Fsp3) is 0.348. The molecule has 1 aromatic carbocycles. The summed E-state index contributed by atoms with van der Waals surface area (Å²) in [5, 5.41) is 3.84. The summed E-state index contributed by atoms with van der Waals surface area (Å²) in [5.41, 5.74) is 6.61. The zero-order chi connectivity index (χ0) is 24.1. The van der Waals surface area contributed by atoms with E-state index in [2.05, 4.69) is 36.8 Å². The molecule has 0 saturated carbocycles. The van der Waals surface area contributed by atoms with Gasteiger partial charge in [-0.3, -0.25) is 4.72 Å². The Morgan fingerprint density at radius 1 is 1.26 bits per heavy atom. The number of nitrogens with zero attached hydrogens (tertiary/aromatic N) is 3. The minimum Gasteiger partial charge on any atom is -0.368 e. The number of thiazole rings is 1. The Morgan fingerprint density at radius 2 is 2.06 bits per heavy atom. The smallest absolute Gasteiger partial charge is 0.232 e. The second-order valence-corrected chi connectivity index (χ2v) is 10.7. The molecule has 1 fully saturated rings. The zero-order valence-corrected chi connectivity index (χ0v) is 20.3. The van der Waals surface area contributed by atoms with Crippen LogP contribution < -0.4 is 15.8 Å². The van der Waals surface area contributed by atoms with Gasteiger partial charge in [-0.15, -0.1) is 11.3 Å². The van der Waals surface area contributed by atoms with Crippen molar-refractivity contribution in [1.29, 1.82) is 0 Å². The van der Waals surface area contributed by atoms with Crippen LogP contribution in [0.3, 0.4) is 0 Å². The minimum absolute atomic E-state index is 0.0840. The standard InChI is InChI=1S/C23H25FN6O2S2/c1-2-14-34(31,32)30-17-5-3-4-16(20(17)24)21-22(18-10-13-27-23(25)28-18)33-19(29-21)7-6-15-8-11-26-12-9-15/h3-5,10,13,15,26,30H,2,8-9,11-12,14H2,1H3,(H2,25,27,28). The van der Waals surface area contributed by atoms with Crippen molar-refractivity contribution in [1.82, 2.24) is 20.3 Å². The van der Waals surface area contributed by atoms with Crippen molar-refractivity contribution in [2.24, 2.45) is 5.92 Å². The van der Waals surface area contributed by atoms with E-state index in [0.29, 0.717) is 27.7 Å². The molecule has 2 aromatic heterocycles. The van der Waals surface area contributed by atoms with Crippen LogP contribution in [0.4, 0.5) is 16.0 Å². The highest BCUT2D eigenvalue weighted by Crippen LogP contribution is 2.38. The maximum atomic E-state index is 15.5. The topological polar surface area (TPSA) is 123 Å². The third-order valence-corrected chi connectivity index (χ3v) is 7.72. The van der Waals surface area contributed by atoms with Gasteiger partial charge in [-0.2, -0.15) is 0 Å². The predicted molar refractivity (Wildman–Crippen MR) is 133 cm³/mol. The summed E-state index contributed by atoms with van der Waals surface area (Å²) in [6.07, 6.45) is 3.87. The molecule has 1 aliphatic heterocycles. The highest BCUT2D eigenvalue weighted by Gasteiger charge is 2.22. The monoisotopic (exact) mass is 500 g/mol. The molecule has 1 aliphatic rings. The third kappa shape index (κ3) is 5.70. The molecular weight excluding hydrogens is 475 g/mol. The molecule has 1 saturated heterocycles. The highest BCUT2D eigenvalue weighted by atomic mass is 32.2. The summed E-state index contributed by atoms with van der Waals surface area (Å²) in [5.74, 6) is 5.96. The molecule has 3 aromatic rings. The molecule has 0 amide bonds. The number of nitrogen functional groups attached to an aromatic ring is 1. The van der Waals surface area contributed by atoms with Gasteiger partial charge in [0.2, 0.25) is 16.0 Å².